The Hall–Kier alpha value is -1.27. The minimum atomic E-state index is -4.60. The van der Waals surface area contributed by atoms with Crippen molar-refractivity contribution in [1.82, 2.24) is 0 Å². The van der Waals surface area contributed by atoms with Gasteiger partial charge >= 0.3 is 6.18 Å². The summed E-state index contributed by atoms with van der Waals surface area (Å²) in [5, 5.41) is 11.1. The highest BCUT2D eigenvalue weighted by atomic mass is 35.5. The molecule has 18 heavy (non-hydrogen) atoms. The molecule has 0 atom stereocenters. The third-order valence-corrected chi connectivity index (χ3v) is 2.41. The molecule has 0 saturated carbocycles. The molecule has 7 heteroatoms. The van der Waals surface area contributed by atoms with Crippen LogP contribution in [0.2, 0.25) is 5.02 Å². The van der Waals surface area contributed by atoms with E-state index in [9.17, 15) is 23.1 Å². The second kappa shape index (κ2) is 4.78. The van der Waals surface area contributed by atoms with E-state index < -0.39 is 28.3 Å². The maximum absolute atomic E-state index is 12.6. The standard InChI is InChI=1S/C11H11ClF3NO2/c1-10(2,18)9(17)16-6-3-4-8(12)7(5-6)11(13,14)15/h3-5,18H,1-2H3,(H,16,17). The zero-order chi connectivity index (χ0) is 14.1. The summed E-state index contributed by atoms with van der Waals surface area (Å²) in [4.78, 5) is 11.4. The number of anilines is 1. The van der Waals surface area contributed by atoms with Gasteiger partial charge in [0.15, 0.2) is 0 Å². The first-order valence-electron chi connectivity index (χ1n) is 4.92. The predicted molar refractivity (Wildman–Crippen MR) is 61.4 cm³/mol. The van der Waals surface area contributed by atoms with E-state index in [0.29, 0.717) is 6.07 Å². The fraction of sp³-hybridized carbons (Fsp3) is 0.364. The van der Waals surface area contributed by atoms with Crippen molar-refractivity contribution in [3.8, 4) is 0 Å². The Bertz CT molecular complexity index is 466. The average molecular weight is 282 g/mol. The fourth-order valence-electron chi connectivity index (χ4n) is 1.10. The molecule has 0 aromatic heterocycles. The normalized spacial score (nSPS) is 12.4. The van der Waals surface area contributed by atoms with Crippen LogP contribution in [0.15, 0.2) is 18.2 Å². The SMILES string of the molecule is CC(C)(O)C(=O)Nc1ccc(Cl)c(C(F)(F)F)c1. The Morgan fingerprint density at radius 3 is 2.33 bits per heavy atom. The van der Waals surface area contributed by atoms with E-state index in [1.54, 1.807) is 0 Å². The van der Waals surface area contributed by atoms with Crippen LogP contribution in [0.3, 0.4) is 0 Å². The van der Waals surface area contributed by atoms with E-state index >= 15 is 0 Å². The first kappa shape index (κ1) is 14.8. The molecular formula is C11H11ClF3NO2. The molecule has 1 aromatic rings. The number of rotatable bonds is 2. The van der Waals surface area contributed by atoms with Crippen LogP contribution in [0, 0.1) is 0 Å². The van der Waals surface area contributed by atoms with Gasteiger partial charge in [-0.2, -0.15) is 13.2 Å². The molecular weight excluding hydrogens is 271 g/mol. The maximum Gasteiger partial charge on any atom is 0.417 e. The molecule has 100 valence electrons. The van der Waals surface area contributed by atoms with Crippen molar-refractivity contribution in [3.05, 3.63) is 28.8 Å². The Balaban J connectivity index is 3.04. The van der Waals surface area contributed by atoms with Gasteiger partial charge in [0.2, 0.25) is 0 Å². The highest BCUT2D eigenvalue weighted by Crippen LogP contribution is 2.36. The van der Waals surface area contributed by atoms with Gasteiger partial charge in [-0.1, -0.05) is 11.6 Å². The van der Waals surface area contributed by atoms with Gasteiger partial charge in [-0.3, -0.25) is 4.79 Å². The molecule has 1 rings (SSSR count). The van der Waals surface area contributed by atoms with Crippen molar-refractivity contribution in [2.24, 2.45) is 0 Å². The lowest BCUT2D eigenvalue weighted by Gasteiger charge is -2.17. The predicted octanol–water partition coefficient (Wildman–Crippen LogP) is 3.07. The van der Waals surface area contributed by atoms with Crippen LogP contribution in [0.5, 0.6) is 0 Å². The lowest BCUT2D eigenvalue weighted by Crippen LogP contribution is -2.36. The number of carbonyl (C=O) groups is 1. The summed E-state index contributed by atoms with van der Waals surface area (Å²) in [6, 6.07) is 2.97. The van der Waals surface area contributed by atoms with Crippen LogP contribution >= 0.6 is 11.6 Å². The Morgan fingerprint density at radius 2 is 1.89 bits per heavy atom. The highest BCUT2D eigenvalue weighted by Gasteiger charge is 2.33. The molecule has 0 bridgehead atoms. The maximum atomic E-state index is 12.6. The smallest absolute Gasteiger partial charge is 0.381 e. The van der Waals surface area contributed by atoms with Crippen molar-refractivity contribution in [2.45, 2.75) is 25.6 Å². The van der Waals surface area contributed by atoms with Gasteiger partial charge in [0, 0.05) is 5.69 Å². The third-order valence-electron chi connectivity index (χ3n) is 2.09. The van der Waals surface area contributed by atoms with Crippen molar-refractivity contribution >= 4 is 23.2 Å². The van der Waals surface area contributed by atoms with E-state index in [1.807, 2.05) is 0 Å². The molecule has 0 fully saturated rings. The fourth-order valence-corrected chi connectivity index (χ4v) is 1.33. The van der Waals surface area contributed by atoms with E-state index in [1.165, 1.54) is 19.9 Å². The quantitative estimate of drug-likeness (QED) is 0.875. The van der Waals surface area contributed by atoms with Gasteiger partial charge < -0.3 is 10.4 Å². The van der Waals surface area contributed by atoms with E-state index in [4.69, 9.17) is 11.6 Å². The lowest BCUT2D eigenvalue weighted by molar-refractivity contribution is -0.137. The van der Waals surface area contributed by atoms with Crippen molar-refractivity contribution in [3.63, 3.8) is 0 Å². The average Bonchev–Trinajstić information content (AvgIpc) is 2.17. The number of benzene rings is 1. The zero-order valence-corrected chi connectivity index (χ0v) is 10.4. The largest absolute Gasteiger partial charge is 0.417 e. The number of hydrogen-bond acceptors (Lipinski definition) is 2. The van der Waals surface area contributed by atoms with Gasteiger partial charge in [0.05, 0.1) is 10.6 Å². The van der Waals surface area contributed by atoms with E-state index in [-0.39, 0.29) is 5.69 Å². The van der Waals surface area contributed by atoms with Crippen LogP contribution in [-0.2, 0) is 11.0 Å². The molecule has 2 N–H and O–H groups in total. The Morgan fingerprint density at radius 1 is 1.33 bits per heavy atom. The lowest BCUT2D eigenvalue weighted by atomic mass is 10.1. The van der Waals surface area contributed by atoms with Gasteiger partial charge in [-0.15, -0.1) is 0 Å². The molecule has 0 spiro atoms. The second-order valence-corrected chi connectivity index (χ2v) is 4.61. The van der Waals surface area contributed by atoms with Crippen molar-refractivity contribution in [2.75, 3.05) is 5.32 Å². The Labute approximate surface area is 107 Å². The number of nitrogens with one attached hydrogen (secondary N) is 1. The molecule has 0 aliphatic heterocycles. The van der Waals surface area contributed by atoms with Gasteiger partial charge in [-0.25, -0.2) is 0 Å². The van der Waals surface area contributed by atoms with E-state index in [2.05, 4.69) is 5.32 Å². The molecule has 1 aromatic carbocycles. The van der Waals surface area contributed by atoms with Gasteiger partial charge in [0.1, 0.15) is 5.60 Å². The molecule has 3 nitrogen and oxygen atoms in total. The van der Waals surface area contributed by atoms with E-state index in [0.717, 1.165) is 6.07 Å². The monoisotopic (exact) mass is 281 g/mol. The Kier molecular flexibility index (Phi) is 3.92. The van der Waals surface area contributed by atoms with Crippen LogP contribution in [-0.4, -0.2) is 16.6 Å². The molecule has 0 aliphatic carbocycles. The highest BCUT2D eigenvalue weighted by molar-refractivity contribution is 6.31. The molecule has 0 saturated heterocycles. The number of aliphatic hydroxyl groups is 1. The minimum Gasteiger partial charge on any atom is -0.381 e. The van der Waals surface area contributed by atoms with Crippen LogP contribution in [0.4, 0.5) is 18.9 Å². The zero-order valence-electron chi connectivity index (χ0n) is 9.60. The molecule has 0 aliphatic rings. The second-order valence-electron chi connectivity index (χ2n) is 4.21. The van der Waals surface area contributed by atoms with Crippen LogP contribution in [0.1, 0.15) is 19.4 Å². The number of halogens is 4. The summed E-state index contributed by atoms with van der Waals surface area (Å²) >= 11 is 5.43. The molecule has 0 radical (unpaired) electrons. The summed E-state index contributed by atoms with van der Waals surface area (Å²) in [7, 11) is 0. The van der Waals surface area contributed by atoms with Crippen LogP contribution in [0.25, 0.3) is 0 Å². The number of carbonyl (C=O) groups excluding carboxylic acids is 1. The van der Waals surface area contributed by atoms with Crippen molar-refractivity contribution in [1.29, 1.82) is 0 Å². The minimum absolute atomic E-state index is 0.0844. The first-order valence-corrected chi connectivity index (χ1v) is 5.30. The summed E-state index contributed by atoms with van der Waals surface area (Å²) in [5.41, 5.74) is -2.81. The number of alkyl halides is 3. The summed E-state index contributed by atoms with van der Waals surface area (Å²) < 4.78 is 37.7. The summed E-state index contributed by atoms with van der Waals surface area (Å²) in [6.45, 7) is 2.45. The topological polar surface area (TPSA) is 49.3 Å². The molecule has 0 unspecified atom stereocenters. The van der Waals surface area contributed by atoms with Gasteiger partial charge in [0.25, 0.3) is 5.91 Å². The first-order chi connectivity index (χ1) is 8.01. The van der Waals surface area contributed by atoms with Crippen LogP contribution < -0.4 is 5.32 Å². The number of hydrogen-bond donors (Lipinski definition) is 2. The summed E-state index contributed by atoms with van der Waals surface area (Å²) in [6.07, 6.45) is -4.60. The summed E-state index contributed by atoms with van der Waals surface area (Å²) in [5.74, 6) is -0.807. The van der Waals surface area contributed by atoms with Crippen molar-refractivity contribution < 1.29 is 23.1 Å². The molecule has 1 amide bonds. The number of amides is 1. The molecule has 0 heterocycles. The van der Waals surface area contributed by atoms with Gasteiger partial charge in [-0.05, 0) is 32.0 Å². The third kappa shape index (κ3) is 3.61.